The van der Waals surface area contributed by atoms with Crippen LogP contribution in [-0.4, -0.2) is 59.4 Å². The van der Waals surface area contributed by atoms with Gasteiger partial charge in [-0.05, 0) is 49.1 Å². The lowest BCUT2D eigenvalue weighted by molar-refractivity contribution is -0.166. The highest BCUT2D eigenvalue weighted by Crippen LogP contribution is 2.48. The van der Waals surface area contributed by atoms with E-state index in [0.29, 0.717) is 31.1 Å². The largest absolute Gasteiger partial charge is 0.381 e. The summed E-state index contributed by atoms with van der Waals surface area (Å²) in [6, 6.07) is 15.9. The number of amides is 2. The number of para-hydroxylation sites is 1. The van der Waals surface area contributed by atoms with Crippen LogP contribution in [0.5, 0.6) is 0 Å². The van der Waals surface area contributed by atoms with E-state index in [9.17, 15) is 9.59 Å². The number of hydrogen-bond donors (Lipinski definition) is 1. The zero-order chi connectivity index (χ0) is 24.6. The second-order valence-electron chi connectivity index (χ2n) is 9.69. The molecule has 1 aromatic heterocycles. The van der Waals surface area contributed by atoms with Gasteiger partial charge in [0.15, 0.2) is 5.54 Å². The first-order chi connectivity index (χ1) is 16.9. The topological polar surface area (TPSA) is 65.6 Å². The molecule has 2 aromatic carbocycles. The molecular formula is C28H32ClN3O3. The molecule has 2 aliphatic heterocycles. The van der Waals surface area contributed by atoms with Crippen molar-refractivity contribution in [3.63, 3.8) is 0 Å². The van der Waals surface area contributed by atoms with Crippen molar-refractivity contribution in [1.29, 1.82) is 0 Å². The summed E-state index contributed by atoms with van der Waals surface area (Å²) in [5.74, 6) is -0.114. The molecule has 0 spiro atoms. The number of nitrogens with zero attached hydrogens (tertiary/aromatic N) is 2. The number of piperazine rings is 1. The third-order valence-electron chi connectivity index (χ3n) is 7.45. The molecule has 184 valence electrons. The van der Waals surface area contributed by atoms with Crippen LogP contribution < -0.4 is 0 Å². The fourth-order valence-electron chi connectivity index (χ4n) is 5.56. The number of halogens is 1. The predicted molar refractivity (Wildman–Crippen MR) is 138 cm³/mol. The van der Waals surface area contributed by atoms with Crippen LogP contribution in [0.15, 0.2) is 48.5 Å². The molecule has 6 nitrogen and oxygen atoms in total. The third-order valence-corrected chi connectivity index (χ3v) is 7.70. The first-order valence-corrected chi connectivity index (χ1v) is 12.9. The van der Waals surface area contributed by atoms with E-state index >= 15 is 0 Å². The summed E-state index contributed by atoms with van der Waals surface area (Å²) in [7, 11) is 0. The minimum Gasteiger partial charge on any atom is -0.381 e. The van der Waals surface area contributed by atoms with Gasteiger partial charge in [-0.3, -0.25) is 9.59 Å². The molecule has 3 heterocycles. The van der Waals surface area contributed by atoms with Crippen LogP contribution >= 0.6 is 11.6 Å². The summed E-state index contributed by atoms with van der Waals surface area (Å²) in [5.41, 5.74) is 2.88. The Morgan fingerprint density at radius 1 is 1.09 bits per heavy atom. The smallest absolute Gasteiger partial charge is 0.254 e. The number of unbranched alkanes of at least 4 members (excludes halogenated alkanes) is 1. The molecule has 7 heteroatoms. The van der Waals surface area contributed by atoms with E-state index < -0.39 is 5.54 Å². The molecule has 1 fully saturated rings. The van der Waals surface area contributed by atoms with Gasteiger partial charge in [-0.2, -0.15) is 0 Å². The first-order valence-electron chi connectivity index (χ1n) is 12.5. The molecule has 0 saturated carbocycles. The molecule has 1 saturated heterocycles. The van der Waals surface area contributed by atoms with Crippen molar-refractivity contribution in [3.05, 3.63) is 70.4 Å². The molecule has 2 amide bonds. The Bertz CT molecular complexity index is 1240. The number of hydrogen-bond acceptors (Lipinski definition) is 3. The SMILES string of the molecule is CCCCOCCCN1CC(=O)N2CC(c3ccc(Cl)cc3)c3c([nH]c4ccccc34)[C@@]2(C)C1=O. The number of nitrogens with one attached hydrogen (secondary N) is 1. The maximum absolute atomic E-state index is 14.0. The highest BCUT2D eigenvalue weighted by molar-refractivity contribution is 6.30. The predicted octanol–water partition coefficient (Wildman–Crippen LogP) is 5.06. The monoisotopic (exact) mass is 493 g/mol. The van der Waals surface area contributed by atoms with Crippen molar-refractivity contribution >= 4 is 34.3 Å². The van der Waals surface area contributed by atoms with Gasteiger partial charge in [0.25, 0.3) is 5.91 Å². The zero-order valence-corrected chi connectivity index (χ0v) is 21.1. The Morgan fingerprint density at radius 3 is 2.60 bits per heavy atom. The summed E-state index contributed by atoms with van der Waals surface area (Å²) in [5, 5.41) is 1.76. The van der Waals surface area contributed by atoms with Crippen LogP contribution in [-0.2, 0) is 19.9 Å². The molecule has 1 unspecified atom stereocenters. The van der Waals surface area contributed by atoms with Gasteiger partial charge in [0, 0.05) is 48.1 Å². The van der Waals surface area contributed by atoms with Gasteiger partial charge < -0.3 is 19.5 Å². The quantitative estimate of drug-likeness (QED) is 0.446. The lowest BCUT2D eigenvalue weighted by Gasteiger charge is -2.51. The molecule has 0 aliphatic carbocycles. The Labute approximate surface area is 211 Å². The number of ether oxygens (including phenoxy) is 1. The van der Waals surface area contributed by atoms with Crippen molar-refractivity contribution in [2.24, 2.45) is 0 Å². The average molecular weight is 494 g/mol. The lowest BCUT2D eigenvalue weighted by Crippen LogP contribution is -2.67. The van der Waals surface area contributed by atoms with Crippen LogP contribution in [0.3, 0.4) is 0 Å². The molecule has 2 aliphatic rings. The Kier molecular flexibility index (Phi) is 6.60. The van der Waals surface area contributed by atoms with Gasteiger partial charge in [-0.1, -0.05) is 55.3 Å². The van der Waals surface area contributed by atoms with Crippen LogP contribution in [0.25, 0.3) is 10.9 Å². The highest BCUT2D eigenvalue weighted by Gasteiger charge is 2.56. The summed E-state index contributed by atoms with van der Waals surface area (Å²) in [4.78, 5) is 34.5. The van der Waals surface area contributed by atoms with E-state index in [4.69, 9.17) is 16.3 Å². The Balaban J connectivity index is 1.52. The van der Waals surface area contributed by atoms with E-state index in [1.165, 1.54) is 0 Å². The number of benzene rings is 2. The molecule has 0 radical (unpaired) electrons. The number of fused-ring (bicyclic) bond motifs is 5. The number of H-pyrrole nitrogens is 1. The molecule has 0 bridgehead atoms. The molecule has 35 heavy (non-hydrogen) atoms. The van der Waals surface area contributed by atoms with Crippen LogP contribution in [0.1, 0.15) is 55.8 Å². The van der Waals surface area contributed by atoms with E-state index in [1.54, 1.807) is 9.80 Å². The Morgan fingerprint density at radius 2 is 1.83 bits per heavy atom. The molecule has 1 N–H and O–H groups in total. The van der Waals surface area contributed by atoms with Crippen molar-refractivity contribution < 1.29 is 14.3 Å². The summed E-state index contributed by atoms with van der Waals surface area (Å²) in [6.45, 7) is 6.42. The van der Waals surface area contributed by atoms with E-state index in [0.717, 1.165) is 47.2 Å². The number of aromatic nitrogens is 1. The Hall–Kier alpha value is -2.83. The van der Waals surface area contributed by atoms with Gasteiger partial charge in [-0.15, -0.1) is 0 Å². The number of rotatable bonds is 8. The molecule has 3 aromatic rings. The van der Waals surface area contributed by atoms with Crippen LogP contribution in [0, 0.1) is 0 Å². The molecule has 5 rings (SSSR count). The first kappa shape index (κ1) is 23.9. The standard InChI is InChI=1S/C28H32ClN3O3/c1-3-4-15-35-16-7-14-31-18-24(33)32-17-22(19-10-12-20(29)13-11-19)25-21-8-5-6-9-23(21)30-26(25)28(32,2)27(31)34/h5-6,8-13,22,30H,3-4,7,14-18H2,1-2H3/t22?,28-/m0/s1. The fraction of sp³-hybridized carbons (Fsp3) is 0.429. The third kappa shape index (κ3) is 4.13. The van der Waals surface area contributed by atoms with Gasteiger partial charge in [-0.25, -0.2) is 0 Å². The van der Waals surface area contributed by atoms with Gasteiger partial charge in [0.2, 0.25) is 5.91 Å². The maximum Gasteiger partial charge on any atom is 0.254 e. The summed E-state index contributed by atoms with van der Waals surface area (Å²) in [6.07, 6.45) is 2.84. The van der Waals surface area contributed by atoms with Crippen LogP contribution in [0.4, 0.5) is 0 Å². The van der Waals surface area contributed by atoms with Crippen molar-refractivity contribution in [2.45, 2.75) is 44.6 Å². The van der Waals surface area contributed by atoms with E-state index in [-0.39, 0.29) is 24.3 Å². The maximum atomic E-state index is 14.0. The number of carbonyl (C=O) groups is 2. The van der Waals surface area contributed by atoms with Gasteiger partial charge in [0.1, 0.15) is 0 Å². The van der Waals surface area contributed by atoms with Crippen LogP contribution in [0.2, 0.25) is 5.02 Å². The minimum atomic E-state index is -1.07. The average Bonchev–Trinajstić information content (AvgIpc) is 3.26. The normalized spacial score (nSPS) is 22.0. The lowest BCUT2D eigenvalue weighted by atomic mass is 9.76. The minimum absolute atomic E-state index is 0.0257. The zero-order valence-electron chi connectivity index (χ0n) is 20.4. The number of carbonyl (C=O) groups excluding carboxylic acids is 2. The van der Waals surface area contributed by atoms with E-state index in [1.807, 2.05) is 49.4 Å². The van der Waals surface area contributed by atoms with Crippen molar-refractivity contribution in [1.82, 2.24) is 14.8 Å². The van der Waals surface area contributed by atoms with Gasteiger partial charge >= 0.3 is 0 Å². The van der Waals surface area contributed by atoms with Crippen molar-refractivity contribution in [3.8, 4) is 0 Å². The number of aromatic amines is 1. The second-order valence-corrected chi connectivity index (χ2v) is 10.1. The summed E-state index contributed by atoms with van der Waals surface area (Å²) >= 11 is 6.16. The molecular weight excluding hydrogens is 462 g/mol. The fourth-order valence-corrected chi connectivity index (χ4v) is 5.68. The summed E-state index contributed by atoms with van der Waals surface area (Å²) < 4.78 is 5.68. The van der Waals surface area contributed by atoms with Gasteiger partial charge in [0.05, 0.1) is 12.2 Å². The second kappa shape index (κ2) is 9.67. The van der Waals surface area contributed by atoms with E-state index in [2.05, 4.69) is 18.0 Å². The highest BCUT2D eigenvalue weighted by atomic mass is 35.5. The van der Waals surface area contributed by atoms with Crippen molar-refractivity contribution in [2.75, 3.05) is 32.8 Å². The molecule has 2 atom stereocenters.